The molecule has 0 aliphatic rings. The predicted octanol–water partition coefficient (Wildman–Crippen LogP) is 2.84. The van der Waals surface area contributed by atoms with Crippen LogP contribution in [0.1, 0.15) is 23.4 Å². The fourth-order valence-electron chi connectivity index (χ4n) is 1.93. The third-order valence-electron chi connectivity index (χ3n) is 3.00. The first-order valence-corrected chi connectivity index (χ1v) is 6.49. The van der Waals surface area contributed by atoms with Gasteiger partial charge in [-0.15, -0.1) is 0 Å². The maximum Gasteiger partial charge on any atom is 0.223 e. The molecular formula is C15H19N3O. The Labute approximate surface area is 113 Å². The van der Waals surface area contributed by atoms with Gasteiger partial charge in [0.1, 0.15) is 0 Å². The molecule has 2 N–H and O–H groups in total. The molecule has 0 radical (unpaired) electrons. The van der Waals surface area contributed by atoms with Crippen LogP contribution in [-0.2, 0) is 6.42 Å². The van der Waals surface area contributed by atoms with Crippen molar-refractivity contribution in [3.63, 3.8) is 0 Å². The number of benzene rings is 1. The second-order valence-corrected chi connectivity index (χ2v) is 4.58. The number of hydrogen-bond donors (Lipinski definition) is 2. The number of nitrogens with zero attached hydrogens (tertiary/aromatic N) is 2. The molecule has 4 heteroatoms. The lowest BCUT2D eigenvalue weighted by atomic mass is 10.1. The van der Waals surface area contributed by atoms with Crippen molar-refractivity contribution in [3.8, 4) is 5.75 Å². The second-order valence-electron chi connectivity index (χ2n) is 4.58. The largest absolute Gasteiger partial charge is 0.504 e. The predicted molar refractivity (Wildman–Crippen MR) is 76.4 cm³/mol. The van der Waals surface area contributed by atoms with Gasteiger partial charge in [0.2, 0.25) is 5.95 Å². The molecule has 1 aromatic heterocycles. The van der Waals surface area contributed by atoms with Gasteiger partial charge in [-0.3, -0.25) is 0 Å². The zero-order valence-corrected chi connectivity index (χ0v) is 11.3. The van der Waals surface area contributed by atoms with Crippen molar-refractivity contribution in [1.82, 2.24) is 9.97 Å². The second kappa shape index (κ2) is 6.18. The van der Waals surface area contributed by atoms with Crippen LogP contribution in [0.25, 0.3) is 0 Å². The molecule has 2 rings (SSSR count). The van der Waals surface area contributed by atoms with Crippen LogP contribution in [0.2, 0.25) is 0 Å². The molecular weight excluding hydrogens is 238 g/mol. The quantitative estimate of drug-likeness (QED) is 0.809. The van der Waals surface area contributed by atoms with Gasteiger partial charge in [-0.2, -0.15) is 0 Å². The van der Waals surface area contributed by atoms with E-state index >= 15 is 0 Å². The Morgan fingerprint density at radius 1 is 1.05 bits per heavy atom. The van der Waals surface area contributed by atoms with Gasteiger partial charge < -0.3 is 10.4 Å². The lowest BCUT2D eigenvalue weighted by Gasteiger charge is -2.08. The summed E-state index contributed by atoms with van der Waals surface area (Å²) in [6, 6.07) is 10.4. The van der Waals surface area contributed by atoms with Crippen molar-refractivity contribution in [3.05, 3.63) is 47.3 Å². The van der Waals surface area contributed by atoms with Gasteiger partial charge in [-0.05, 0) is 32.3 Å². The van der Waals surface area contributed by atoms with E-state index in [1.807, 2.05) is 6.07 Å². The average Bonchev–Trinajstić information content (AvgIpc) is 2.42. The van der Waals surface area contributed by atoms with Gasteiger partial charge in [0.15, 0.2) is 5.75 Å². The molecule has 0 aliphatic carbocycles. The van der Waals surface area contributed by atoms with Crippen LogP contribution in [-0.4, -0.2) is 21.6 Å². The molecule has 0 amide bonds. The number of aryl methyl sites for hydroxylation is 3. The lowest BCUT2D eigenvalue weighted by Crippen LogP contribution is -2.08. The molecule has 0 saturated carbocycles. The first-order valence-electron chi connectivity index (χ1n) is 6.49. The molecule has 0 saturated heterocycles. The Morgan fingerprint density at radius 2 is 1.68 bits per heavy atom. The third kappa shape index (κ3) is 3.68. The Kier molecular flexibility index (Phi) is 4.34. The Balaban J connectivity index is 1.83. The molecule has 0 atom stereocenters. The maximum atomic E-state index is 9.60. The van der Waals surface area contributed by atoms with E-state index in [-0.39, 0.29) is 5.75 Å². The topological polar surface area (TPSA) is 58.0 Å². The highest BCUT2D eigenvalue weighted by molar-refractivity contribution is 5.37. The summed E-state index contributed by atoms with van der Waals surface area (Å²) in [6.07, 6.45) is 2.05. The molecule has 1 aromatic carbocycles. The molecule has 0 unspecified atom stereocenters. The van der Waals surface area contributed by atoms with E-state index in [0.29, 0.717) is 17.3 Å². The standard InChI is InChI=1S/C15H19N3O/c1-11-14(19)12(2)18-15(17-11)16-10-6-9-13-7-4-3-5-8-13/h3-5,7-8,19H,6,9-10H2,1-2H3,(H,16,17,18). The van der Waals surface area contributed by atoms with Crippen LogP contribution in [0.4, 0.5) is 5.95 Å². The number of aromatic hydroxyl groups is 1. The van der Waals surface area contributed by atoms with Crippen LogP contribution >= 0.6 is 0 Å². The molecule has 1 heterocycles. The Morgan fingerprint density at radius 3 is 2.32 bits per heavy atom. The van der Waals surface area contributed by atoms with Crippen molar-refractivity contribution < 1.29 is 5.11 Å². The number of hydrogen-bond acceptors (Lipinski definition) is 4. The molecule has 0 aliphatic heterocycles. The van der Waals surface area contributed by atoms with Gasteiger partial charge in [0.25, 0.3) is 0 Å². The van der Waals surface area contributed by atoms with Crippen molar-refractivity contribution in [2.75, 3.05) is 11.9 Å². The lowest BCUT2D eigenvalue weighted by molar-refractivity contribution is 0.459. The summed E-state index contributed by atoms with van der Waals surface area (Å²) in [5.74, 6) is 0.760. The molecule has 19 heavy (non-hydrogen) atoms. The molecule has 0 bridgehead atoms. The summed E-state index contributed by atoms with van der Waals surface area (Å²) in [7, 11) is 0. The summed E-state index contributed by atoms with van der Waals surface area (Å²) in [4.78, 5) is 8.41. The van der Waals surface area contributed by atoms with E-state index in [0.717, 1.165) is 19.4 Å². The van der Waals surface area contributed by atoms with Crippen LogP contribution < -0.4 is 5.32 Å². The molecule has 100 valence electrons. The Bertz CT molecular complexity index is 517. The van der Waals surface area contributed by atoms with E-state index in [9.17, 15) is 5.11 Å². The minimum absolute atomic E-state index is 0.176. The molecule has 4 nitrogen and oxygen atoms in total. The first kappa shape index (κ1) is 13.3. The van der Waals surface area contributed by atoms with Gasteiger partial charge in [-0.1, -0.05) is 30.3 Å². The monoisotopic (exact) mass is 257 g/mol. The number of anilines is 1. The SMILES string of the molecule is Cc1nc(NCCCc2ccccc2)nc(C)c1O. The highest BCUT2D eigenvalue weighted by Crippen LogP contribution is 2.18. The summed E-state index contributed by atoms with van der Waals surface area (Å²) < 4.78 is 0. The highest BCUT2D eigenvalue weighted by Gasteiger charge is 2.05. The zero-order valence-electron chi connectivity index (χ0n) is 11.3. The minimum Gasteiger partial charge on any atom is -0.504 e. The number of rotatable bonds is 5. The van der Waals surface area contributed by atoms with E-state index in [2.05, 4.69) is 39.6 Å². The Hall–Kier alpha value is -2.10. The van der Waals surface area contributed by atoms with E-state index in [1.54, 1.807) is 13.8 Å². The third-order valence-corrected chi connectivity index (χ3v) is 3.00. The van der Waals surface area contributed by atoms with E-state index in [1.165, 1.54) is 5.56 Å². The highest BCUT2D eigenvalue weighted by atomic mass is 16.3. The summed E-state index contributed by atoms with van der Waals surface area (Å²) >= 11 is 0. The van der Waals surface area contributed by atoms with Gasteiger partial charge >= 0.3 is 0 Å². The van der Waals surface area contributed by atoms with Crippen molar-refractivity contribution in [1.29, 1.82) is 0 Å². The van der Waals surface area contributed by atoms with Crippen LogP contribution in [0.3, 0.4) is 0 Å². The van der Waals surface area contributed by atoms with E-state index in [4.69, 9.17) is 0 Å². The van der Waals surface area contributed by atoms with Crippen molar-refractivity contribution in [2.45, 2.75) is 26.7 Å². The first-order chi connectivity index (χ1) is 9.16. The van der Waals surface area contributed by atoms with Crippen LogP contribution in [0.5, 0.6) is 5.75 Å². The normalized spacial score (nSPS) is 10.4. The minimum atomic E-state index is 0.176. The average molecular weight is 257 g/mol. The van der Waals surface area contributed by atoms with Crippen molar-refractivity contribution >= 4 is 5.95 Å². The fourth-order valence-corrected chi connectivity index (χ4v) is 1.93. The molecule has 0 fully saturated rings. The van der Waals surface area contributed by atoms with Crippen molar-refractivity contribution in [2.24, 2.45) is 0 Å². The molecule has 2 aromatic rings. The molecule has 0 spiro atoms. The van der Waals surface area contributed by atoms with Crippen LogP contribution in [0.15, 0.2) is 30.3 Å². The van der Waals surface area contributed by atoms with Gasteiger partial charge in [0.05, 0.1) is 11.4 Å². The summed E-state index contributed by atoms with van der Waals surface area (Å²) in [5.41, 5.74) is 2.56. The fraction of sp³-hybridized carbons (Fsp3) is 0.333. The smallest absolute Gasteiger partial charge is 0.223 e. The number of aromatic nitrogens is 2. The maximum absolute atomic E-state index is 9.60. The van der Waals surface area contributed by atoms with Gasteiger partial charge in [0, 0.05) is 6.54 Å². The zero-order chi connectivity index (χ0) is 13.7. The van der Waals surface area contributed by atoms with Crippen LogP contribution in [0, 0.1) is 13.8 Å². The summed E-state index contributed by atoms with van der Waals surface area (Å²) in [6.45, 7) is 4.37. The van der Waals surface area contributed by atoms with Gasteiger partial charge in [-0.25, -0.2) is 9.97 Å². The number of nitrogens with one attached hydrogen (secondary N) is 1. The summed E-state index contributed by atoms with van der Waals surface area (Å²) in [5, 5.41) is 12.8. The van der Waals surface area contributed by atoms with E-state index < -0.39 is 0 Å².